The Morgan fingerprint density at radius 3 is 2.58 bits per heavy atom. The third-order valence-corrected chi connectivity index (χ3v) is 5.26. The molecule has 1 atom stereocenters. The van der Waals surface area contributed by atoms with Crippen LogP contribution in [-0.2, 0) is 16.7 Å². The lowest BCUT2D eigenvalue weighted by Crippen LogP contribution is -2.37. The second-order valence-electron chi connectivity index (χ2n) is 10.5. The van der Waals surface area contributed by atoms with E-state index in [9.17, 15) is 9.59 Å². The number of hydrogen-bond acceptors (Lipinski definition) is 6. The van der Waals surface area contributed by atoms with Crippen LogP contribution in [0.1, 0.15) is 88.6 Å². The van der Waals surface area contributed by atoms with E-state index in [1.165, 1.54) is 0 Å². The van der Waals surface area contributed by atoms with Gasteiger partial charge in [-0.1, -0.05) is 62.8 Å². The predicted octanol–water partition coefficient (Wildman–Crippen LogP) is 3.75. The number of carbonyl (C=O) groups is 2. The van der Waals surface area contributed by atoms with Gasteiger partial charge in [-0.3, -0.25) is 4.79 Å². The zero-order valence-corrected chi connectivity index (χ0v) is 20.7. The standard InChI is InChI=1S/C24H34BN4O4/c1-8-25-16-9-10-17-15(13-16)14-29(22(31)32-24(5,6)7)12-11-18(17)26-20(30)19-27-21(33-28-19)23(2,3)4/h9-10,13,18H,8,11-12,14H2,1-7H3,(H,26,30). The third kappa shape index (κ3) is 6.36. The van der Waals surface area contributed by atoms with E-state index >= 15 is 0 Å². The molecule has 0 spiro atoms. The molecule has 1 aromatic carbocycles. The van der Waals surface area contributed by atoms with Crippen LogP contribution in [0.25, 0.3) is 0 Å². The van der Waals surface area contributed by atoms with Gasteiger partial charge < -0.3 is 19.5 Å². The van der Waals surface area contributed by atoms with Crippen LogP contribution in [-0.4, -0.2) is 46.5 Å². The van der Waals surface area contributed by atoms with E-state index in [1.54, 1.807) is 4.90 Å². The van der Waals surface area contributed by atoms with E-state index in [-0.39, 0.29) is 23.4 Å². The molecule has 3 rings (SSSR count). The van der Waals surface area contributed by atoms with E-state index in [4.69, 9.17) is 9.26 Å². The van der Waals surface area contributed by atoms with Crippen LogP contribution in [0.4, 0.5) is 4.79 Å². The molecule has 177 valence electrons. The first kappa shape index (κ1) is 24.8. The maximum Gasteiger partial charge on any atom is 0.410 e. The minimum atomic E-state index is -0.582. The fourth-order valence-electron chi connectivity index (χ4n) is 3.67. The number of fused-ring (bicyclic) bond motifs is 1. The molecule has 0 saturated carbocycles. The number of aromatic nitrogens is 2. The van der Waals surface area contributed by atoms with Gasteiger partial charge in [0.05, 0.1) is 6.04 Å². The van der Waals surface area contributed by atoms with Crippen LogP contribution >= 0.6 is 0 Å². The van der Waals surface area contributed by atoms with Crippen molar-refractivity contribution in [1.29, 1.82) is 0 Å². The van der Waals surface area contributed by atoms with Crippen molar-refractivity contribution in [2.75, 3.05) is 6.54 Å². The number of hydrogen-bond donors (Lipinski definition) is 1. The lowest BCUT2D eigenvalue weighted by molar-refractivity contribution is 0.0234. The van der Waals surface area contributed by atoms with E-state index in [2.05, 4.69) is 35.7 Å². The van der Waals surface area contributed by atoms with Crippen molar-refractivity contribution in [3.63, 3.8) is 0 Å². The number of rotatable bonds is 4. The molecule has 1 radical (unpaired) electrons. The summed E-state index contributed by atoms with van der Waals surface area (Å²) in [5.41, 5.74) is 2.11. The van der Waals surface area contributed by atoms with Crippen LogP contribution in [0.5, 0.6) is 0 Å². The van der Waals surface area contributed by atoms with Crippen molar-refractivity contribution in [2.24, 2.45) is 0 Å². The fourth-order valence-corrected chi connectivity index (χ4v) is 3.67. The van der Waals surface area contributed by atoms with Crippen molar-refractivity contribution >= 4 is 24.7 Å². The van der Waals surface area contributed by atoms with E-state index in [0.29, 0.717) is 25.4 Å². The van der Waals surface area contributed by atoms with Gasteiger partial charge in [-0.05, 0) is 38.3 Å². The molecule has 33 heavy (non-hydrogen) atoms. The molecule has 2 heterocycles. The Morgan fingerprint density at radius 2 is 1.97 bits per heavy atom. The smallest absolute Gasteiger partial charge is 0.410 e. The number of benzene rings is 1. The van der Waals surface area contributed by atoms with Crippen LogP contribution in [0.2, 0.25) is 6.32 Å². The van der Waals surface area contributed by atoms with E-state index in [0.717, 1.165) is 22.9 Å². The van der Waals surface area contributed by atoms with Gasteiger partial charge >= 0.3 is 6.09 Å². The largest absolute Gasteiger partial charge is 0.444 e. The van der Waals surface area contributed by atoms with Gasteiger partial charge in [-0.15, -0.1) is 0 Å². The van der Waals surface area contributed by atoms with Gasteiger partial charge in [0.2, 0.25) is 5.89 Å². The van der Waals surface area contributed by atoms with Gasteiger partial charge in [-0.25, -0.2) is 4.79 Å². The van der Waals surface area contributed by atoms with Gasteiger partial charge in [0.1, 0.15) is 5.60 Å². The second-order valence-corrected chi connectivity index (χ2v) is 10.5. The van der Waals surface area contributed by atoms with Crippen molar-refractivity contribution in [2.45, 2.75) is 84.8 Å². The summed E-state index contributed by atoms with van der Waals surface area (Å²) in [4.78, 5) is 31.7. The molecule has 2 aromatic rings. The van der Waals surface area contributed by atoms with Crippen LogP contribution in [0, 0.1) is 0 Å². The van der Waals surface area contributed by atoms with Gasteiger partial charge in [-0.2, -0.15) is 4.98 Å². The number of ether oxygens (including phenoxy) is 1. The average molecular weight is 453 g/mol. The summed E-state index contributed by atoms with van der Waals surface area (Å²) < 4.78 is 10.9. The van der Waals surface area contributed by atoms with E-state index < -0.39 is 11.5 Å². The van der Waals surface area contributed by atoms with Gasteiger partial charge in [0.25, 0.3) is 11.7 Å². The normalized spacial score (nSPS) is 16.6. The highest BCUT2D eigenvalue weighted by atomic mass is 16.6. The molecular formula is C24H34BN4O4. The third-order valence-electron chi connectivity index (χ3n) is 5.26. The summed E-state index contributed by atoms with van der Waals surface area (Å²) in [6.07, 6.45) is 1.08. The van der Waals surface area contributed by atoms with Crippen LogP contribution in [0.15, 0.2) is 22.7 Å². The summed E-state index contributed by atoms with van der Waals surface area (Å²) in [6.45, 7) is 14.3. The van der Waals surface area contributed by atoms with Gasteiger partial charge in [0, 0.05) is 18.5 Å². The molecule has 9 heteroatoms. The Balaban J connectivity index is 1.86. The minimum Gasteiger partial charge on any atom is -0.444 e. The van der Waals surface area contributed by atoms with E-state index in [1.807, 2.05) is 53.7 Å². The molecular weight excluding hydrogens is 419 g/mol. The summed E-state index contributed by atoms with van der Waals surface area (Å²) in [5, 5.41) is 6.90. The number of amides is 2. The molecule has 1 aromatic heterocycles. The summed E-state index contributed by atoms with van der Waals surface area (Å²) in [5.74, 6) is 0.00975. The topological polar surface area (TPSA) is 97.6 Å². The number of carbonyl (C=O) groups excluding carboxylic acids is 2. The molecule has 8 nitrogen and oxygen atoms in total. The number of nitrogens with one attached hydrogen (secondary N) is 1. The van der Waals surface area contributed by atoms with Crippen molar-refractivity contribution < 1.29 is 18.8 Å². The summed E-state index contributed by atoms with van der Waals surface area (Å²) in [7, 11) is 2.13. The predicted molar refractivity (Wildman–Crippen MR) is 127 cm³/mol. The highest BCUT2D eigenvalue weighted by molar-refractivity contribution is 6.53. The second kappa shape index (κ2) is 9.57. The van der Waals surface area contributed by atoms with Crippen molar-refractivity contribution in [3.05, 3.63) is 41.0 Å². The maximum absolute atomic E-state index is 12.9. The monoisotopic (exact) mass is 453 g/mol. The fraction of sp³-hybridized carbons (Fsp3) is 0.583. The summed E-state index contributed by atoms with van der Waals surface area (Å²) in [6, 6.07) is 5.84. The van der Waals surface area contributed by atoms with Crippen LogP contribution < -0.4 is 10.8 Å². The zero-order valence-electron chi connectivity index (χ0n) is 20.7. The SMILES string of the molecule is CC[B]c1ccc2c(c1)CN(C(=O)OC(C)(C)C)CCC2NC(=O)c1noc(C(C)(C)C)n1. The average Bonchev–Trinajstić information content (AvgIpc) is 3.13. The van der Waals surface area contributed by atoms with Crippen molar-refractivity contribution in [3.8, 4) is 0 Å². The summed E-state index contributed by atoms with van der Waals surface area (Å²) >= 11 is 0. The molecule has 1 aliphatic rings. The Hall–Kier alpha value is -2.84. The first-order valence-corrected chi connectivity index (χ1v) is 11.5. The zero-order chi connectivity index (χ0) is 24.4. The molecule has 0 fully saturated rings. The Morgan fingerprint density at radius 1 is 1.24 bits per heavy atom. The molecule has 0 saturated heterocycles. The molecule has 2 amide bonds. The lowest BCUT2D eigenvalue weighted by Gasteiger charge is -2.26. The van der Waals surface area contributed by atoms with Crippen LogP contribution in [0.3, 0.4) is 0 Å². The highest BCUT2D eigenvalue weighted by Crippen LogP contribution is 2.28. The lowest BCUT2D eigenvalue weighted by atomic mass is 9.67. The van der Waals surface area contributed by atoms with Crippen molar-refractivity contribution in [1.82, 2.24) is 20.4 Å². The minimum absolute atomic E-state index is 0.00524. The Kier molecular flexibility index (Phi) is 7.19. The quantitative estimate of drug-likeness (QED) is 0.709. The molecule has 1 N–H and O–H groups in total. The Labute approximate surface area is 196 Å². The first-order chi connectivity index (χ1) is 15.4. The Bertz CT molecular complexity index is 1010. The maximum atomic E-state index is 12.9. The first-order valence-electron chi connectivity index (χ1n) is 11.5. The van der Waals surface area contributed by atoms with Gasteiger partial charge in [0.15, 0.2) is 7.28 Å². The molecule has 1 unspecified atom stereocenters. The molecule has 0 bridgehead atoms. The highest BCUT2D eigenvalue weighted by Gasteiger charge is 2.31. The molecule has 0 aliphatic carbocycles. The molecule has 1 aliphatic heterocycles. The number of nitrogens with zero attached hydrogens (tertiary/aromatic N) is 3.